The number of rotatable bonds is 3. The van der Waals surface area contributed by atoms with E-state index in [4.69, 9.17) is 10.5 Å². The Balaban J connectivity index is 2.62. The van der Waals surface area contributed by atoms with E-state index in [0.717, 1.165) is 12.2 Å². The van der Waals surface area contributed by atoms with Crippen LogP contribution in [-0.4, -0.2) is 23.5 Å². The number of aryl methyl sites for hydroxylation is 1. The fourth-order valence-corrected chi connectivity index (χ4v) is 0.940. The van der Waals surface area contributed by atoms with Crippen molar-refractivity contribution in [3.63, 3.8) is 0 Å². The Bertz CT molecular complexity index is 232. The molecule has 0 aromatic carbocycles. The summed E-state index contributed by atoms with van der Waals surface area (Å²) in [6, 6.07) is 1.84. The number of methoxy groups -OCH3 is 1. The van der Waals surface area contributed by atoms with Crippen LogP contribution in [-0.2, 0) is 11.3 Å². The highest BCUT2D eigenvalue weighted by atomic mass is 16.5. The van der Waals surface area contributed by atoms with Gasteiger partial charge in [0, 0.05) is 18.9 Å². The maximum Gasteiger partial charge on any atom is 0.145 e. The average molecular weight is 155 g/mol. The summed E-state index contributed by atoms with van der Waals surface area (Å²) in [6.07, 6.45) is 0. The highest BCUT2D eigenvalue weighted by molar-refractivity contribution is 5.28. The van der Waals surface area contributed by atoms with Gasteiger partial charge in [0.25, 0.3) is 0 Å². The lowest BCUT2D eigenvalue weighted by atomic mass is 10.4. The van der Waals surface area contributed by atoms with Gasteiger partial charge in [0.05, 0.1) is 13.2 Å². The van der Waals surface area contributed by atoms with Gasteiger partial charge in [0.15, 0.2) is 0 Å². The topological polar surface area (TPSA) is 53.1 Å². The van der Waals surface area contributed by atoms with E-state index < -0.39 is 0 Å². The van der Waals surface area contributed by atoms with E-state index in [2.05, 4.69) is 5.10 Å². The molecule has 0 spiro atoms. The van der Waals surface area contributed by atoms with E-state index in [0.29, 0.717) is 12.4 Å². The van der Waals surface area contributed by atoms with Gasteiger partial charge in [-0.1, -0.05) is 0 Å². The fourth-order valence-electron chi connectivity index (χ4n) is 0.940. The molecule has 0 unspecified atom stereocenters. The molecule has 0 amide bonds. The first-order valence-electron chi connectivity index (χ1n) is 3.53. The number of anilines is 1. The van der Waals surface area contributed by atoms with Crippen LogP contribution >= 0.6 is 0 Å². The van der Waals surface area contributed by atoms with Crippen molar-refractivity contribution in [3.05, 3.63) is 11.8 Å². The zero-order chi connectivity index (χ0) is 8.27. The number of nitrogens with zero attached hydrogens (tertiary/aromatic N) is 2. The molecule has 62 valence electrons. The molecule has 0 radical (unpaired) electrons. The molecule has 2 N–H and O–H groups in total. The molecule has 0 bridgehead atoms. The molecule has 0 saturated carbocycles. The minimum atomic E-state index is 0.568. The van der Waals surface area contributed by atoms with Crippen LogP contribution in [0.5, 0.6) is 0 Å². The summed E-state index contributed by atoms with van der Waals surface area (Å²) in [5, 5.41) is 4.06. The number of ether oxygens (including phenoxy) is 1. The predicted molar refractivity (Wildman–Crippen MR) is 43.3 cm³/mol. The highest BCUT2D eigenvalue weighted by Crippen LogP contribution is 2.03. The molecule has 0 aliphatic heterocycles. The standard InChI is InChI=1S/C7H13N3O/c1-6-5-7(8)9-10(6)3-4-11-2/h5H,3-4H2,1-2H3,(H2,8,9). The molecule has 11 heavy (non-hydrogen) atoms. The van der Waals surface area contributed by atoms with Gasteiger partial charge < -0.3 is 10.5 Å². The van der Waals surface area contributed by atoms with Gasteiger partial charge in [-0.15, -0.1) is 0 Å². The van der Waals surface area contributed by atoms with Crippen molar-refractivity contribution in [1.29, 1.82) is 0 Å². The van der Waals surface area contributed by atoms with Crippen LogP contribution in [0, 0.1) is 6.92 Å². The maximum absolute atomic E-state index is 5.48. The summed E-state index contributed by atoms with van der Waals surface area (Å²) in [5.74, 6) is 0.568. The first-order chi connectivity index (χ1) is 5.24. The summed E-state index contributed by atoms with van der Waals surface area (Å²) in [4.78, 5) is 0. The van der Waals surface area contributed by atoms with E-state index in [-0.39, 0.29) is 0 Å². The molecule has 1 heterocycles. The van der Waals surface area contributed by atoms with Gasteiger partial charge in [-0.05, 0) is 6.92 Å². The minimum Gasteiger partial charge on any atom is -0.383 e. The predicted octanol–water partition coefficient (Wildman–Crippen LogP) is 0.420. The fraction of sp³-hybridized carbons (Fsp3) is 0.571. The molecular formula is C7H13N3O. The lowest BCUT2D eigenvalue weighted by Gasteiger charge is -2.01. The number of nitrogens with two attached hydrogens (primary N) is 1. The van der Waals surface area contributed by atoms with Crippen molar-refractivity contribution >= 4 is 5.82 Å². The van der Waals surface area contributed by atoms with Gasteiger partial charge in [0.2, 0.25) is 0 Å². The highest BCUT2D eigenvalue weighted by Gasteiger charge is 1.98. The number of hydrogen-bond donors (Lipinski definition) is 1. The Kier molecular flexibility index (Phi) is 2.48. The van der Waals surface area contributed by atoms with Gasteiger partial charge in [-0.2, -0.15) is 5.10 Å². The quantitative estimate of drug-likeness (QED) is 0.688. The summed E-state index contributed by atoms with van der Waals surface area (Å²) < 4.78 is 6.74. The van der Waals surface area contributed by atoms with Crippen molar-refractivity contribution in [1.82, 2.24) is 9.78 Å². The van der Waals surface area contributed by atoms with Gasteiger partial charge in [0.1, 0.15) is 5.82 Å². The molecule has 0 aliphatic rings. The van der Waals surface area contributed by atoms with Gasteiger partial charge >= 0.3 is 0 Å². The minimum absolute atomic E-state index is 0.568. The number of nitrogen functional groups attached to an aromatic ring is 1. The first kappa shape index (κ1) is 8.07. The smallest absolute Gasteiger partial charge is 0.145 e. The van der Waals surface area contributed by atoms with Crippen LogP contribution in [0.2, 0.25) is 0 Å². The Labute approximate surface area is 66.0 Å². The number of hydrogen-bond acceptors (Lipinski definition) is 3. The average Bonchev–Trinajstić information content (AvgIpc) is 2.26. The third kappa shape index (κ3) is 1.94. The molecule has 1 aromatic heterocycles. The van der Waals surface area contributed by atoms with E-state index in [9.17, 15) is 0 Å². The van der Waals surface area contributed by atoms with Crippen LogP contribution < -0.4 is 5.73 Å². The normalized spacial score (nSPS) is 10.4. The van der Waals surface area contributed by atoms with Crippen molar-refractivity contribution in [3.8, 4) is 0 Å². The van der Waals surface area contributed by atoms with Crippen LogP contribution in [0.1, 0.15) is 5.69 Å². The monoisotopic (exact) mass is 155 g/mol. The van der Waals surface area contributed by atoms with Crippen LogP contribution in [0.3, 0.4) is 0 Å². The SMILES string of the molecule is COCCn1nc(N)cc1C. The van der Waals surface area contributed by atoms with Crippen molar-refractivity contribution in [2.45, 2.75) is 13.5 Å². The zero-order valence-electron chi connectivity index (χ0n) is 6.87. The van der Waals surface area contributed by atoms with Crippen LogP contribution in [0.25, 0.3) is 0 Å². The Morgan fingerprint density at radius 3 is 2.91 bits per heavy atom. The van der Waals surface area contributed by atoms with E-state index in [1.807, 2.05) is 17.7 Å². The lowest BCUT2D eigenvalue weighted by molar-refractivity contribution is 0.183. The second-order valence-corrected chi connectivity index (χ2v) is 2.43. The summed E-state index contributed by atoms with van der Waals surface area (Å²) in [5.41, 5.74) is 6.55. The second-order valence-electron chi connectivity index (χ2n) is 2.43. The molecule has 4 nitrogen and oxygen atoms in total. The molecule has 1 aromatic rings. The van der Waals surface area contributed by atoms with Gasteiger partial charge in [-0.3, -0.25) is 4.68 Å². The van der Waals surface area contributed by atoms with E-state index in [1.165, 1.54) is 0 Å². The lowest BCUT2D eigenvalue weighted by Crippen LogP contribution is -2.07. The molecular weight excluding hydrogens is 142 g/mol. The molecule has 0 saturated heterocycles. The number of aromatic nitrogens is 2. The second kappa shape index (κ2) is 3.39. The van der Waals surface area contributed by atoms with Crippen LogP contribution in [0.4, 0.5) is 5.82 Å². The molecule has 0 atom stereocenters. The third-order valence-corrected chi connectivity index (χ3v) is 1.51. The van der Waals surface area contributed by atoms with Crippen molar-refractivity contribution in [2.24, 2.45) is 0 Å². The zero-order valence-corrected chi connectivity index (χ0v) is 6.87. The van der Waals surface area contributed by atoms with E-state index in [1.54, 1.807) is 7.11 Å². The maximum atomic E-state index is 5.48. The Hall–Kier alpha value is -1.03. The molecule has 0 fully saturated rings. The Morgan fingerprint density at radius 1 is 1.73 bits per heavy atom. The Morgan fingerprint density at radius 2 is 2.45 bits per heavy atom. The largest absolute Gasteiger partial charge is 0.383 e. The van der Waals surface area contributed by atoms with E-state index >= 15 is 0 Å². The van der Waals surface area contributed by atoms with Crippen molar-refractivity contribution in [2.75, 3.05) is 19.5 Å². The summed E-state index contributed by atoms with van der Waals surface area (Å²) >= 11 is 0. The molecule has 4 heteroatoms. The summed E-state index contributed by atoms with van der Waals surface area (Å²) in [7, 11) is 1.67. The molecule has 0 aliphatic carbocycles. The van der Waals surface area contributed by atoms with Crippen molar-refractivity contribution < 1.29 is 4.74 Å². The van der Waals surface area contributed by atoms with Gasteiger partial charge in [-0.25, -0.2) is 0 Å². The third-order valence-electron chi connectivity index (χ3n) is 1.51. The molecule has 1 rings (SSSR count). The first-order valence-corrected chi connectivity index (χ1v) is 3.53. The summed E-state index contributed by atoms with van der Waals surface area (Å²) in [6.45, 7) is 3.40. The van der Waals surface area contributed by atoms with Crippen LogP contribution in [0.15, 0.2) is 6.07 Å².